The molecule has 0 aromatic heterocycles. The molecule has 0 atom stereocenters. The lowest BCUT2D eigenvalue weighted by molar-refractivity contribution is 0.0569. The Kier molecular flexibility index (Phi) is 7.08. The lowest BCUT2D eigenvalue weighted by Crippen LogP contribution is -2.49. The molecule has 4 rings (SSSR count). The van der Waals surface area contributed by atoms with Crippen molar-refractivity contribution in [1.82, 2.24) is 4.90 Å². The predicted octanol–water partition coefficient (Wildman–Crippen LogP) is 6.78. The van der Waals surface area contributed by atoms with E-state index in [2.05, 4.69) is 71.8 Å². The van der Waals surface area contributed by atoms with Crippen molar-refractivity contribution in [3.8, 4) is 0 Å². The molecule has 1 fully saturated rings. The van der Waals surface area contributed by atoms with E-state index in [1.54, 1.807) is 0 Å². The zero-order chi connectivity index (χ0) is 17.8. The van der Waals surface area contributed by atoms with Crippen molar-refractivity contribution in [3.63, 3.8) is 0 Å². The van der Waals surface area contributed by atoms with Crippen molar-refractivity contribution in [2.45, 2.75) is 49.0 Å². The molecule has 0 unspecified atom stereocenters. The first kappa shape index (κ1) is 20.5. The summed E-state index contributed by atoms with van der Waals surface area (Å²) in [5.41, 5.74) is 4.75. The van der Waals surface area contributed by atoms with Crippen LogP contribution in [0.5, 0.6) is 0 Å². The Morgan fingerprint density at radius 2 is 1.59 bits per heavy atom. The molecule has 3 heteroatoms. The summed E-state index contributed by atoms with van der Waals surface area (Å²) in [6.45, 7) is 2.25. The highest BCUT2D eigenvalue weighted by Gasteiger charge is 2.39. The fraction of sp³-hybridized carbons (Fsp3) is 0.417. The van der Waals surface area contributed by atoms with E-state index >= 15 is 0 Å². The number of benzene rings is 2. The summed E-state index contributed by atoms with van der Waals surface area (Å²) < 4.78 is 0. The molecular formula is C24H30ClNS. The van der Waals surface area contributed by atoms with E-state index in [1.807, 2.05) is 11.8 Å². The van der Waals surface area contributed by atoms with Gasteiger partial charge in [0.05, 0.1) is 0 Å². The minimum absolute atomic E-state index is 0. The molecule has 1 heterocycles. The molecular weight excluding hydrogens is 370 g/mol. The Balaban J connectivity index is 0.00000210. The van der Waals surface area contributed by atoms with Gasteiger partial charge < -0.3 is 0 Å². The van der Waals surface area contributed by atoms with Gasteiger partial charge in [-0.15, -0.1) is 24.2 Å². The summed E-state index contributed by atoms with van der Waals surface area (Å²) in [5, 5.41) is 0. The van der Waals surface area contributed by atoms with Gasteiger partial charge in [0, 0.05) is 23.5 Å². The Morgan fingerprint density at radius 1 is 0.889 bits per heavy atom. The molecule has 1 saturated carbocycles. The first-order valence-electron chi connectivity index (χ1n) is 9.96. The molecule has 0 spiro atoms. The fourth-order valence-corrected chi connectivity index (χ4v) is 5.52. The van der Waals surface area contributed by atoms with Gasteiger partial charge in [-0.1, -0.05) is 73.9 Å². The second-order valence-corrected chi connectivity index (χ2v) is 8.43. The maximum absolute atomic E-state index is 2.77. The Morgan fingerprint density at radius 3 is 2.26 bits per heavy atom. The van der Waals surface area contributed by atoms with Gasteiger partial charge in [-0.2, -0.15) is 0 Å². The summed E-state index contributed by atoms with van der Waals surface area (Å²) in [7, 11) is 0. The largest absolute Gasteiger partial charge is 0.290 e. The molecule has 0 amide bonds. The second-order valence-electron chi connectivity index (χ2n) is 7.58. The lowest BCUT2D eigenvalue weighted by Gasteiger charge is -2.48. The minimum Gasteiger partial charge on any atom is -0.290 e. The molecule has 2 aromatic rings. The van der Waals surface area contributed by atoms with Crippen LogP contribution in [0.1, 0.15) is 49.7 Å². The first-order valence-corrected chi connectivity index (χ1v) is 11.2. The van der Waals surface area contributed by atoms with Crippen LogP contribution in [0.4, 0.5) is 0 Å². The average molecular weight is 400 g/mol. The zero-order valence-electron chi connectivity index (χ0n) is 16.2. The number of nitrogens with zero attached hydrogens (tertiary/aromatic N) is 1. The van der Waals surface area contributed by atoms with Gasteiger partial charge in [0.25, 0.3) is 0 Å². The van der Waals surface area contributed by atoms with Gasteiger partial charge >= 0.3 is 0 Å². The standard InChI is InChI=1S/C24H29NS.ClH/c1-26-23-13-7-6-12-22(23)20-14-18-25(19-15-20)24(16-8-3-9-17-24)21-10-4-2-5-11-21;/h2,4-7,10-14H,3,8-9,15-19H2,1H3;1H. The highest BCUT2D eigenvalue weighted by Crippen LogP contribution is 2.44. The fourth-order valence-electron chi connectivity index (χ4n) is 4.88. The minimum atomic E-state index is 0. The van der Waals surface area contributed by atoms with Crippen molar-refractivity contribution in [2.24, 2.45) is 0 Å². The molecule has 0 N–H and O–H groups in total. The van der Waals surface area contributed by atoms with Crippen LogP contribution in [0, 0.1) is 0 Å². The molecule has 1 aliphatic heterocycles. The number of hydrogen-bond donors (Lipinski definition) is 0. The van der Waals surface area contributed by atoms with Gasteiger partial charge in [0.1, 0.15) is 0 Å². The number of halogens is 1. The van der Waals surface area contributed by atoms with Crippen LogP contribution in [0.3, 0.4) is 0 Å². The molecule has 2 aromatic carbocycles. The summed E-state index contributed by atoms with van der Waals surface area (Å²) in [5.74, 6) is 0. The molecule has 2 aliphatic rings. The van der Waals surface area contributed by atoms with E-state index < -0.39 is 0 Å². The van der Waals surface area contributed by atoms with Crippen molar-refractivity contribution < 1.29 is 0 Å². The third kappa shape index (κ3) is 4.13. The van der Waals surface area contributed by atoms with E-state index in [0.717, 1.165) is 13.0 Å². The summed E-state index contributed by atoms with van der Waals surface area (Å²) in [6, 6.07) is 20.2. The zero-order valence-corrected chi connectivity index (χ0v) is 17.8. The summed E-state index contributed by atoms with van der Waals surface area (Å²) in [6.07, 6.45) is 12.6. The molecule has 0 bridgehead atoms. The van der Waals surface area contributed by atoms with Crippen molar-refractivity contribution in [2.75, 3.05) is 19.3 Å². The summed E-state index contributed by atoms with van der Waals surface area (Å²) in [4.78, 5) is 4.18. The lowest BCUT2D eigenvalue weighted by atomic mass is 9.74. The molecule has 1 aliphatic carbocycles. The third-order valence-electron chi connectivity index (χ3n) is 6.26. The molecule has 144 valence electrons. The van der Waals surface area contributed by atoms with Crippen LogP contribution in [0.2, 0.25) is 0 Å². The molecule has 0 saturated heterocycles. The average Bonchev–Trinajstić information content (AvgIpc) is 2.75. The van der Waals surface area contributed by atoms with E-state index in [1.165, 1.54) is 60.2 Å². The number of rotatable bonds is 4. The quantitative estimate of drug-likeness (QED) is 0.521. The van der Waals surface area contributed by atoms with Gasteiger partial charge in [0.2, 0.25) is 0 Å². The number of hydrogen-bond acceptors (Lipinski definition) is 2. The maximum atomic E-state index is 2.77. The normalized spacial score (nSPS) is 19.8. The van der Waals surface area contributed by atoms with Crippen LogP contribution < -0.4 is 0 Å². The van der Waals surface area contributed by atoms with Gasteiger partial charge in [-0.25, -0.2) is 0 Å². The molecule has 27 heavy (non-hydrogen) atoms. The Labute approximate surface area is 174 Å². The van der Waals surface area contributed by atoms with Crippen molar-refractivity contribution in [3.05, 3.63) is 71.8 Å². The van der Waals surface area contributed by atoms with E-state index in [0.29, 0.717) is 0 Å². The predicted molar refractivity (Wildman–Crippen MR) is 121 cm³/mol. The number of thioether (sulfide) groups is 1. The first-order chi connectivity index (χ1) is 12.8. The summed E-state index contributed by atoms with van der Waals surface area (Å²) >= 11 is 1.86. The van der Waals surface area contributed by atoms with Crippen LogP contribution in [0.25, 0.3) is 5.57 Å². The molecule has 1 nitrogen and oxygen atoms in total. The highest BCUT2D eigenvalue weighted by atomic mass is 35.5. The highest BCUT2D eigenvalue weighted by molar-refractivity contribution is 7.98. The van der Waals surface area contributed by atoms with Crippen LogP contribution in [-0.2, 0) is 5.54 Å². The monoisotopic (exact) mass is 399 g/mol. The Hall–Kier alpha value is -1.22. The van der Waals surface area contributed by atoms with Gasteiger partial charge in [-0.3, -0.25) is 4.90 Å². The third-order valence-corrected chi connectivity index (χ3v) is 7.06. The van der Waals surface area contributed by atoms with E-state index in [4.69, 9.17) is 0 Å². The van der Waals surface area contributed by atoms with Crippen molar-refractivity contribution >= 4 is 29.7 Å². The van der Waals surface area contributed by atoms with E-state index in [-0.39, 0.29) is 17.9 Å². The molecule has 0 radical (unpaired) electrons. The van der Waals surface area contributed by atoms with Gasteiger partial charge in [0.15, 0.2) is 0 Å². The van der Waals surface area contributed by atoms with Crippen LogP contribution in [0.15, 0.2) is 65.6 Å². The maximum Gasteiger partial charge on any atom is 0.0464 e. The van der Waals surface area contributed by atoms with Crippen LogP contribution in [-0.4, -0.2) is 24.2 Å². The second kappa shape index (κ2) is 9.32. The van der Waals surface area contributed by atoms with Crippen molar-refractivity contribution in [1.29, 1.82) is 0 Å². The SMILES string of the molecule is CSc1ccccc1C1=CCN(C2(c3ccccc3)CCCCC2)CC1.Cl. The smallest absolute Gasteiger partial charge is 0.0464 e. The van der Waals surface area contributed by atoms with Crippen LogP contribution >= 0.6 is 24.2 Å². The Bertz CT molecular complexity index is 765. The van der Waals surface area contributed by atoms with Gasteiger partial charge in [-0.05, 0) is 48.3 Å². The topological polar surface area (TPSA) is 3.24 Å². The van der Waals surface area contributed by atoms with E-state index in [9.17, 15) is 0 Å².